The van der Waals surface area contributed by atoms with Crippen LogP contribution in [-0.4, -0.2) is 16.6 Å². The second-order valence-corrected chi connectivity index (χ2v) is 3.72. The van der Waals surface area contributed by atoms with E-state index in [0.717, 1.165) is 12.8 Å². The van der Waals surface area contributed by atoms with Crippen LogP contribution in [-0.2, 0) is 10.3 Å². The molecule has 0 amide bonds. The van der Waals surface area contributed by atoms with Crippen molar-refractivity contribution in [1.82, 2.24) is 9.97 Å². The smallest absolute Gasteiger partial charge is 0.161 e. The van der Waals surface area contributed by atoms with E-state index in [1.807, 2.05) is 6.92 Å². The second kappa shape index (κ2) is 5.42. The standard InChI is InChI=1S/C11H17ClN2O/c1-4-11(5-2,15-6-3)10-13-8-7-9(12)14-10/h7-8H,4-6H2,1-3H3. The summed E-state index contributed by atoms with van der Waals surface area (Å²) in [6, 6.07) is 1.67. The van der Waals surface area contributed by atoms with Crippen LogP contribution in [0.3, 0.4) is 0 Å². The summed E-state index contributed by atoms with van der Waals surface area (Å²) < 4.78 is 5.79. The molecule has 0 aliphatic heterocycles. The molecule has 1 heterocycles. The summed E-state index contributed by atoms with van der Waals surface area (Å²) in [6.45, 7) is 6.77. The lowest BCUT2D eigenvalue weighted by Gasteiger charge is -2.29. The molecule has 0 bridgehead atoms. The van der Waals surface area contributed by atoms with Gasteiger partial charge in [-0.2, -0.15) is 0 Å². The number of aromatic nitrogens is 2. The Morgan fingerprint density at radius 1 is 1.33 bits per heavy atom. The minimum Gasteiger partial charge on any atom is -0.367 e. The lowest BCUT2D eigenvalue weighted by molar-refractivity contribution is -0.0571. The Kier molecular flexibility index (Phi) is 4.48. The summed E-state index contributed by atoms with van der Waals surface area (Å²) in [6.07, 6.45) is 3.36. The fourth-order valence-electron chi connectivity index (χ4n) is 1.67. The third-order valence-electron chi connectivity index (χ3n) is 2.59. The fraction of sp³-hybridized carbons (Fsp3) is 0.636. The predicted octanol–water partition coefficient (Wildman–Crippen LogP) is 3.18. The summed E-state index contributed by atoms with van der Waals surface area (Å²) in [7, 11) is 0. The molecule has 0 aliphatic rings. The molecule has 0 unspecified atom stereocenters. The maximum absolute atomic E-state index is 5.86. The van der Waals surface area contributed by atoms with E-state index in [1.54, 1.807) is 12.3 Å². The van der Waals surface area contributed by atoms with Crippen molar-refractivity contribution < 1.29 is 4.74 Å². The summed E-state index contributed by atoms with van der Waals surface area (Å²) in [5.41, 5.74) is -0.389. The van der Waals surface area contributed by atoms with Crippen LogP contribution in [0.25, 0.3) is 0 Å². The Hall–Kier alpha value is -0.670. The highest BCUT2D eigenvalue weighted by molar-refractivity contribution is 6.29. The van der Waals surface area contributed by atoms with Gasteiger partial charge < -0.3 is 4.74 Å². The molecule has 0 saturated carbocycles. The van der Waals surface area contributed by atoms with Crippen LogP contribution in [0.5, 0.6) is 0 Å². The fourth-order valence-corrected chi connectivity index (χ4v) is 1.80. The van der Waals surface area contributed by atoms with E-state index < -0.39 is 0 Å². The Bertz CT molecular complexity index is 313. The van der Waals surface area contributed by atoms with Crippen molar-refractivity contribution in [3.05, 3.63) is 23.2 Å². The molecule has 0 aliphatic carbocycles. The van der Waals surface area contributed by atoms with Gasteiger partial charge in [0.1, 0.15) is 10.8 Å². The van der Waals surface area contributed by atoms with Crippen molar-refractivity contribution >= 4 is 11.6 Å². The maximum atomic E-state index is 5.86. The number of hydrogen-bond donors (Lipinski definition) is 0. The van der Waals surface area contributed by atoms with Gasteiger partial charge in [-0.15, -0.1) is 0 Å². The topological polar surface area (TPSA) is 35.0 Å². The van der Waals surface area contributed by atoms with Gasteiger partial charge in [0, 0.05) is 12.8 Å². The Morgan fingerprint density at radius 2 is 2.00 bits per heavy atom. The Morgan fingerprint density at radius 3 is 2.47 bits per heavy atom. The molecule has 0 spiro atoms. The highest BCUT2D eigenvalue weighted by Crippen LogP contribution is 2.30. The average molecular weight is 229 g/mol. The van der Waals surface area contributed by atoms with Crippen LogP contribution < -0.4 is 0 Å². The lowest BCUT2D eigenvalue weighted by atomic mass is 9.96. The summed E-state index contributed by atoms with van der Waals surface area (Å²) in [4.78, 5) is 8.49. The molecule has 0 saturated heterocycles. The molecule has 3 nitrogen and oxygen atoms in total. The first-order valence-corrected chi connectivity index (χ1v) is 5.69. The monoisotopic (exact) mass is 228 g/mol. The number of rotatable bonds is 5. The number of halogens is 1. The van der Waals surface area contributed by atoms with Crippen LogP contribution in [0.2, 0.25) is 5.15 Å². The van der Waals surface area contributed by atoms with Gasteiger partial charge in [0.15, 0.2) is 5.82 Å². The number of ether oxygens (including phenoxy) is 1. The molecule has 1 aromatic rings. The molecule has 0 N–H and O–H groups in total. The molecule has 1 rings (SSSR count). The van der Waals surface area contributed by atoms with Gasteiger partial charge in [-0.05, 0) is 25.8 Å². The molecule has 0 atom stereocenters. The van der Waals surface area contributed by atoms with Gasteiger partial charge in [0.2, 0.25) is 0 Å². The molecule has 4 heteroatoms. The first-order valence-electron chi connectivity index (χ1n) is 5.31. The van der Waals surface area contributed by atoms with E-state index in [1.165, 1.54) is 0 Å². The van der Waals surface area contributed by atoms with E-state index in [4.69, 9.17) is 16.3 Å². The molecule has 0 fully saturated rings. The highest BCUT2D eigenvalue weighted by Gasteiger charge is 2.32. The number of hydrogen-bond acceptors (Lipinski definition) is 3. The van der Waals surface area contributed by atoms with E-state index in [-0.39, 0.29) is 5.60 Å². The number of nitrogens with zero attached hydrogens (tertiary/aromatic N) is 2. The molecule has 0 radical (unpaired) electrons. The summed E-state index contributed by atoms with van der Waals surface area (Å²) >= 11 is 5.86. The van der Waals surface area contributed by atoms with Crippen molar-refractivity contribution in [2.45, 2.75) is 39.2 Å². The molecular formula is C11H17ClN2O. The van der Waals surface area contributed by atoms with Crippen molar-refractivity contribution in [3.63, 3.8) is 0 Å². The summed E-state index contributed by atoms with van der Waals surface area (Å²) in [5.74, 6) is 0.682. The van der Waals surface area contributed by atoms with Crippen LogP contribution in [0.15, 0.2) is 12.3 Å². The van der Waals surface area contributed by atoms with Crippen molar-refractivity contribution in [2.75, 3.05) is 6.61 Å². The minimum absolute atomic E-state index is 0.389. The van der Waals surface area contributed by atoms with Crippen LogP contribution in [0.4, 0.5) is 0 Å². The third-order valence-corrected chi connectivity index (χ3v) is 2.80. The van der Waals surface area contributed by atoms with Crippen LogP contribution in [0, 0.1) is 0 Å². The first-order chi connectivity index (χ1) is 7.18. The highest BCUT2D eigenvalue weighted by atomic mass is 35.5. The quantitative estimate of drug-likeness (QED) is 0.726. The van der Waals surface area contributed by atoms with Crippen LogP contribution >= 0.6 is 11.6 Å². The molecule has 84 valence electrons. The van der Waals surface area contributed by atoms with Gasteiger partial charge in [0.05, 0.1) is 0 Å². The van der Waals surface area contributed by atoms with Crippen molar-refractivity contribution in [3.8, 4) is 0 Å². The first kappa shape index (κ1) is 12.4. The summed E-state index contributed by atoms with van der Waals surface area (Å²) in [5, 5.41) is 0.464. The van der Waals surface area contributed by atoms with Gasteiger partial charge in [-0.1, -0.05) is 25.4 Å². The molecule has 0 aromatic carbocycles. The van der Waals surface area contributed by atoms with Gasteiger partial charge in [0.25, 0.3) is 0 Å². The van der Waals surface area contributed by atoms with Crippen LogP contribution in [0.1, 0.15) is 39.4 Å². The normalized spacial score (nSPS) is 11.7. The SMILES string of the molecule is CCOC(CC)(CC)c1nccc(Cl)n1. The zero-order valence-electron chi connectivity index (χ0n) is 9.46. The van der Waals surface area contributed by atoms with E-state index >= 15 is 0 Å². The Balaban J connectivity index is 3.07. The van der Waals surface area contributed by atoms with Gasteiger partial charge >= 0.3 is 0 Å². The lowest BCUT2D eigenvalue weighted by Crippen LogP contribution is -2.30. The van der Waals surface area contributed by atoms with Crippen molar-refractivity contribution in [2.24, 2.45) is 0 Å². The maximum Gasteiger partial charge on any atom is 0.161 e. The minimum atomic E-state index is -0.389. The molecule has 15 heavy (non-hydrogen) atoms. The zero-order valence-corrected chi connectivity index (χ0v) is 10.2. The average Bonchev–Trinajstić information content (AvgIpc) is 2.26. The van der Waals surface area contributed by atoms with Gasteiger partial charge in [-0.3, -0.25) is 0 Å². The third kappa shape index (κ3) is 2.67. The molecular weight excluding hydrogens is 212 g/mol. The van der Waals surface area contributed by atoms with E-state index in [9.17, 15) is 0 Å². The predicted molar refractivity (Wildman–Crippen MR) is 60.9 cm³/mol. The van der Waals surface area contributed by atoms with E-state index in [0.29, 0.717) is 17.6 Å². The van der Waals surface area contributed by atoms with Gasteiger partial charge in [-0.25, -0.2) is 9.97 Å². The molecule has 1 aromatic heterocycles. The van der Waals surface area contributed by atoms with E-state index in [2.05, 4.69) is 23.8 Å². The Labute approximate surface area is 95.8 Å². The largest absolute Gasteiger partial charge is 0.367 e. The second-order valence-electron chi connectivity index (χ2n) is 3.34. The zero-order chi connectivity index (χ0) is 11.3. The van der Waals surface area contributed by atoms with Crippen molar-refractivity contribution in [1.29, 1.82) is 0 Å².